The van der Waals surface area contributed by atoms with Crippen molar-refractivity contribution in [2.24, 2.45) is 0 Å². The molecule has 0 amide bonds. The second-order valence-electron chi connectivity index (χ2n) is 11.1. The highest BCUT2D eigenvalue weighted by Crippen LogP contribution is 2.38. The molecular weight excluding hydrogens is 508 g/mol. The Labute approximate surface area is 243 Å². The lowest BCUT2D eigenvalue weighted by molar-refractivity contribution is 1.43. The van der Waals surface area contributed by atoms with Crippen molar-refractivity contribution in [3.63, 3.8) is 0 Å². The van der Waals surface area contributed by atoms with Crippen molar-refractivity contribution in [3.8, 4) is 0 Å². The van der Waals surface area contributed by atoms with Gasteiger partial charge in [0.15, 0.2) is 0 Å². The van der Waals surface area contributed by atoms with Crippen molar-refractivity contribution in [2.45, 2.75) is 0 Å². The first-order valence-corrected chi connectivity index (χ1v) is 14.4. The van der Waals surface area contributed by atoms with Gasteiger partial charge < -0.3 is 10.6 Å². The van der Waals surface area contributed by atoms with Crippen LogP contribution < -0.4 is 21.1 Å². The zero-order valence-electron chi connectivity index (χ0n) is 22.9. The Bertz CT molecular complexity index is 2180. The Morgan fingerprint density at radius 1 is 0.333 bits per heavy atom. The predicted octanol–water partition coefficient (Wildman–Crippen LogP) is 8.79. The van der Waals surface area contributed by atoms with Crippen molar-refractivity contribution in [1.82, 2.24) is 0 Å². The molecule has 0 saturated carbocycles. The number of nitrogens with one attached hydrogen (secondary N) is 2. The Morgan fingerprint density at radius 2 is 0.667 bits per heavy atom. The van der Waals surface area contributed by atoms with Crippen molar-refractivity contribution >= 4 is 78.0 Å². The van der Waals surface area contributed by atoms with E-state index in [0.29, 0.717) is 0 Å². The van der Waals surface area contributed by atoms with Crippen LogP contribution in [0.5, 0.6) is 0 Å². The van der Waals surface area contributed by atoms with Gasteiger partial charge in [-0.25, -0.2) is 0 Å². The Hall–Kier alpha value is -5.60. The second-order valence-corrected chi connectivity index (χ2v) is 11.1. The number of hydrogen-bond donors (Lipinski definition) is 2. The number of benzene rings is 7. The van der Waals surface area contributed by atoms with E-state index in [0.717, 1.165) is 22.8 Å². The first-order chi connectivity index (χ1) is 20.8. The summed E-state index contributed by atoms with van der Waals surface area (Å²) in [6, 6.07) is 43.7. The van der Waals surface area contributed by atoms with E-state index in [-0.39, 0.29) is 0 Å². The summed E-state index contributed by atoms with van der Waals surface area (Å²) in [6.45, 7) is 0. The van der Waals surface area contributed by atoms with E-state index in [1.165, 1.54) is 64.7 Å². The molecule has 2 aliphatic heterocycles. The summed E-state index contributed by atoms with van der Waals surface area (Å²) in [6.07, 6.45) is 8.94. The molecule has 0 saturated heterocycles. The van der Waals surface area contributed by atoms with Crippen LogP contribution >= 0.6 is 0 Å². The maximum absolute atomic E-state index is 3.89. The van der Waals surface area contributed by atoms with Gasteiger partial charge in [0.1, 0.15) is 0 Å². The normalized spacial score (nSPS) is 13.8. The molecule has 9 rings (SSSR count). The van der Waals surface area contributed by atoms with E-state index >= 15 is 0 Å². The van der Waals surface area contributed by atoms with Gasteiger partial charge in [-0.3, -0.25) is 0 Å². The lowest BCUT2D eigenvalue weighted by atomic mass is 9.92. The second kappa shape index (κ2) is 8.95. The quantitative estimate of drug-likeness (QED) is 0.217. The van der Waals surface area contributed by atoms with Crippen molar-refractivity contribution in [2.75, 3.05) is 10.6 Å². The van der Waals surface area contributed by atoms with Gasteiger partial charge in [-0.2, -0.15) is 0 Å². The highest BCUT2D eigenvalue weighted by Gasteiger charge is 2.20. The Balaban J connectivity index is 1.22. The topological polar surface area (TPSA) is 24.1 Å². The summed E-state index contributed by atoms with van der Waals surface area (Å²) in [5.41, 5.74) is 6.90. The van der Waals surface area contributed by atoms with Gasteiger partial charge in [-0.05, 0) is 67.4 Å². The number of rotatable bonds is 2. The highest BCUT2D eigenvalue weighted by atomic mass is 15.0. The summed E-state index contributed by atoms with van der Waals surface area (Å²) in [5, 5.41) is 20.1. The fourth-order valence-corrected chi connectivity index (χ4v) is 6.78. The van der Waals surface area contributed by atoms with Crippen LogP contribution in [0.25, 0.3) is 66.6 Å². The third-order valence-electron chi connectivity index (χ3n) is 8.73. The average Bonchev–Trinajstić information content (AvgIpc) is 3.05. The van der Waals surface area contributed by atoms with Gasteiger partial charge in [-0.1, -0.05) is 121 Å². The lowest BCUT2D eigenvalue weighted by Crippen LogP contribution is -2.24. The highest BCUT2D eigenvalue weighted by molar-refractivity contribution is 6.14. The van der Waals surface area contributed by atoms with E-state index in [9.17, 15) is 0 Å². The SMILES string of the molecule is C1=C(c2c3ccccc3cc3ccccc23)Nc2c3c(ccc2=C1)=CC=C(c1c2ccccc2cc2ccccc12)N3. The van der Waals surface area contributed by atoms with Crippen molar-refractivity contribution in [3.05, 3.63) is 155 Å². The minimum absolute atomic E-state index is 1.11. The Morgan fingerprint density at radius 3 is 1.02 bits per heavy atom. The molecule has 2 aliphatic rings. The van der Waals surface area contributed by atoms with E-state index in [1.807, 2.05) is 0 Å². The first-order valence-electron chi connectivity index (χ1n) is 14.4. The van der Waals surface area contributed by atoms with E-state index < -0.39 is 0 Å². The number of anilines is 2. The maximum atomic E-state index is 3.89. The van der Waals surface area contributed by atoms with E-state index in [4.69, 9.17) is 0 Å². The fourth-order valence-electron chi connectivity index (χ4n) is 6.78. The molecule has 2 nitrogen and oxygen atoms in total. The molecule has 42 heavy (non-hydrogen) atoms. The molecule has 7 aromatic carbocycles. The molecule has 2 N–H and O–H groups in total. The van der Waals surface area contributed by atoms with Crippen LogP contribution in [0.1, 0.15) is 11.1 Å². The molecule has 0 unspecified atom stereocenters. The summed E-state index contributed by atoms with van der Waals surface area (Å²) >= 11 is 0. The van der Waals surface area contributed by atoms with Gasteiger partial charge in [0, 0.05) is 33.0 Å². The van der Waals surface area contributed by atoms with Crippen LogP contribution in [0, 0.1) is 0 Å². The monoisotopic (exact) mass is 534 g/mol. The minimum Gasteiger partial charge on any atom is -0.353 e. The first kappa shape index (κ1) is 23.1. The van der Waals surface area contributed by atoms with Gasteiger partial charge in [0.25, 0.3) is 0 Å². The van der Waals surface area contributed by atoms with Crippen LogP contribution in [0.4, 0.5) is 11.4 Å². The van der Waals surface area contributed by atoms with E-state index in [1.54, 1.807) is 0 Å². The summed E-state index contributed by atoms with van der Waals surface area (Å²) in [5.74, 6) is 0. The molecule has 0 aromatic heterocycles. The van der Waals surface area contributed by atoms with Gasteiger partial charge in [0.2, 0.25) is 0 Å². The molecule has 0 spiro atoms. The van der Waals surface area contributed by atoms with Crippen LogP contribution in [0.15, 0.2) is 133 Å². The van der Waals surface area contributed by atoms with Gasteiger partial charge >= 0.3 is 0 Å². The third-order valence-corrected chi connectivity index (χ3v) is 8.73. The maximum Gasteiger partial charge on any atom is 0.0703 e. The van der Waals surface area contributed by atoms with Crippen LogP contribution in [0.2, 0.25) is 0 Å². The summed E-state index contributed by atoms with van der Waals surface area (Å²) in [7, 11) is 0. The van der Waals surface area contributed by atoms with Gasteiger partial charge in [-0.15, -0.1) is 0 Å². The lowest BCUT2D eigenvalue weighted by Gasteiger charge is -2.25. The van der Waals surface area contributed by atoms with Crippen LogP contribution in [-0.4, -0.2) is 0 Å². The number of allylic oxidation sites excluding steroid dienone is 2. The summed E-state index contributed by atoms with van der Waals surface area (Å²) < 4.78 is 0. The molecule has 0 radical (unpaired) electrons. The standard InChI is InChI=1S/C40H26N2/c1-5-13-31-27(9-1)23-28-10-2-6-14-32(28)37(31)35-21-19-25-17-18-26-20-22-36(42-40(26)39(25)41-35)38-33-15-7-3-11-29(33)24-30-12-4-8-16-34(30)38/h1-24,41-42H. The minimum atomic E-state index is 1.11. The third kappa shape index (κ3) is 3.45. The smallest absolute Gasteiger partial charge is 0.0703 e. The number of fused-ring (bicyclic) bond motifs is 7. The number of hydrogen-bond acceptors (Lipinski definition) is 2. The van der Waals surface area contributed by atoms with Crippen LogP contribution in [0.3, 0.4) is 0 Å². The molecular formula is C40H26N2. The van der Waals surface area contributed by atoms with Crippen molar-refractivity contribution < 1.29 is 0 Å². The molecule has 0 bridgehead atoms. The fraction of sp³-hybridized carbons (Fsp3) is 0. The van der Waals surface area contributed by atoms with Gasteiger partial charge in [0.05, 0.1) is 11.4 Å². The Kier molecular flexibility index (Phi) is 4.93. The molecule has 196 valence electrons. The van der Waals surface area contributed by atoms with Crippen LogP contribution in [-0.2, 0) is 0 Å². The van der Waals surface area contributed by atoms with Crippen molar-refractivity contribution in [1.29, 1.82) is 0 Å². The molecule has 0 atom stereocenters. The molecule has 2 heteroatoms. The molecule has 0 fully saturated rings. The van der Waals surface area contributed by atoms with E-state index in [2.05, 4.69) is 156 Å². The molecule has 7 aromatic rings. The zero-order valence-corrected chi connectivity index (χ0v) is 22.9. The largest absolute Gasteiger partial charge is 0.353 e. The molecule has 2 heterocycles. The summed E-state index contributed by atoms with van der Waals surface area (Å²) in [4.78, 5) is 0. The molecule has 0 aliphatic carbocycles. The zero-order chi connectivity index (χ0) is 27.6. The predicted molar refractivity (Wildman–Crippen MR) is 181 cm³/mol. The average molecular weight is 535 g/mol.